The summed E-state index contributed by atoms with van der Waals surface area (Å²) in [4.78, 5) is 28.2. The molecule has 7 heteroatoms. The van der Waals surface area contributed by atoms with E-state index in [1.165, 1.54) is 0 Å². The van der Waals surface area contributed by atoms with Gasteiger partial charge in [0.05, 0.1) is 24.1 Å². The second kappa shape index (κ2) is 8.06. The van der Waals surface area contributed by atoms with Crippen molar-refractivity contribution in [2.24, 2.45) is 5.92 Å². The molecule has 1 aliphatic carbocycles. The van der Waals surface area contributed by atoms with Crippen molar-refractivity contribution in [1.82, 2.24) is 9.80 Å². The summed E-state index contributed by atoms with van der Waals surface area (Å²) < 4.78 is 5.62. The molecule has 0 radical (unpaired) electrons. The first-order valence-electron chi connectivity index (χ1n) is 8.66. The number of likely N-dealkylation sites (tertiary alicyclic amines) is 1. The van der Waals surface area contributed by atoms with Gasteiger partial charge in [-0.05, 0) is 25.0 Å². The zero-order valence-corrected chi connectivity index (χ0v) is 14.8. The molecule has 1 saturated carbocycles. The van der Waals surface area contributed by atoms with Gasteiger partial charge in [0.1, 0.15) is 12.4 Å². The van der Waals surface area contributed by atoms with E-state index in [-0.39, 0.29) is 36.8 Å². The van der Waals surface area contributed by atoms with Gasteiger partial charge >= 0.3 is 0 Å². The number of aliphatic hydroxyl groups is 1. The van der Waals surface area contributed by atoms with E-state index in [2.05, 4.69) is 0 Å². The van der Waals surface area contributed by atoms with Crippen LogP contribution in [0.2, 0.25) is 5.02 Å². The first kappa shape index (κ1) is 18.0. The molecule has 2 amide bonds. The molecule has 1 heterocycles. The zero-order chi connectivity index (χ0) is 17.8. The van der Waals surface area contributed by atoms with E-state index in [1.54, 1.807) is 21.9 Å². The average Bonchev–Trinajstić information content (AvgIpc) is 3.37. The van der Waals surface area contributed by atoms with Gasteiger partial charge in [0, 0.05) is 25.6 Å². The topological polar surface area (TPSA) is 70.1 Å². The Morgan fingerprint density at radius 2 is 2.12 bits per heavy atom. The molecule has 3 rings (SSSR count). The number of halogens is 1. The van der Waals surface area contributed by atoms with Gasteiger partial charge in [-0.25, -0.2) is 0 Å². The number of amides is 2. The molecule has 0 aromatic heterocycles. The van der Waals surface area contributed by atoms with Gasteiger partial charge in [-0.1, -0.05) is 23.7 Å². The molecule has 2 fully saturated rings. The van der Waals surface area contributed by atoms with Crippen molar-refractivity contribution in [3.63, 3.8) is 0 Å². The Kier molecular flexibility index (Phi) is 5.81. The standard InChI is InChI=1S/C18H23ClN2O4/c19-15-3-1-2-4-16(15)25-10-8-20-12-13(11-17(20)23)18(24)21(7-9-22)14-5-6-14/h1-4,13-14,22H,5-12H2. The highest BCUT2D eigenvalue weighted by Gasteiger charge is 2.40. The number of hydrogen-bond acceptors (Lipinski definition) is 4. The van der Waals surface area contributed by atoms with Crippen molar-refractivity contribution >= 4 is 23.4 Å². The smallest absolute Gasteiger partial charge is 0.228 e. The van der Waals surface area contributed by atoms with Gasteiger partial charge in [-0.2, -0.15) is 0 Å². The third-order valence-electron chi connectivity index (χ3n) is 4.63. The SMILES string of the molecule is O=C1CC(C(=O)N(CCO)C2CC2)CN1CCOc1ccccc1Cl. The maximum Gasteiger partial charge on any atom is 0.228 e. The van der Waals surface area contributed by atoms with Crippen LogP contribution >= 0.6 is 11.6 Å². The van der Waals surface area contributed by atoms with Crippen molar-refractivity contribution in [2.75, 3.05) is 32.8 Å². The van der Waals surface area contributed by atoms with Crippen LogP contribution in [-0.2, 0) is 9.59 Å². The minimum atomic E-state index is -0.319. The van der Waals surface area contributed by atoms with E-state index in [0.29, 0.717) is 37.0 Å². The Bertz CT molecular complexity index is 635. The lowest BCUT2D eigenvalue weighted by molar-refractivity contribution is -0.136. The first-order chi connectivity index (χ1) is 12.1. The Hall–Kier alpha value is -1.79. The maximum atomic E-state index is 12.6. The fraction of sp³-hybridized carbons (Fsp3) is 0.556. The van der Waals surface area contributed by atoms with Crippen molar-refractivity contribution in [3.8, 4) is 5.75 Å². The van der Waals surface area contributed by atoms with E-state index < -0.39 is 0 Å². The van der Waals surface area contributed by atoms with Crippen LogP contribution in [0.1, 0.15) is 19.3 Å². The van der Waals surface area contributed by atoms with Gasteiger partial charge in [0.25, 0.3) is 0 Å². The zero-order valence-electron chi connectivity index (χ0n) is 14.1. The number of hydrogen-bond donors (Lipinski definition) is 1. The minimum absolute atomic E-state index is 0.0144. The maximum absolute atomic E-state index is 12.6. The molecule has 136 valence electrons. The van der Waals surface area contributed by atoms with E-state index in [1.807, 2.05) is 12.1 Å². The first-order valence-corrected chi connectivity index (χ1v) is 9.04. The molecule has 6 nitrogen and oxygen atoms in total. The van der Waals surface area contributed by atoms with Crippen molar-refractivity contribution in [1.29, 1.82) is 0 Å². The average molecular weight is 367 g/mol. The van der Waals surface area contributed by atoms with Crippen LogP contribution in [0.3, 0.4) is 0 Å². The van der Waals surface area contributed by atoms with Crippen LogP contribution in [0.25, 0.3) is 0 Å². The van der Waals surface area contributed by atoms with E-state index in [9.17, 15) is 9.59 Å². The Morgan fingerprint density at radius 3 is 2.80 bits per heavy atom. The monoisotopic (exact) mass is 366 g/mol. The molecule has 1 unspecified atom stereocenters. The van der Waals surface area contributed by atoms with Crippen molar-refractivity contribution in [3.05, 3.63) is 29.3 Å². The van der Waals surface area contributed by atoms with Gasteiger partial charge in [-0.3, -0.25) is 9.59 Å². The van der Waals surface area contributed by atoms with Gasteiger partial charge in [0.2, 0.25) is 11.8 Å². The van der Waals surface area contributed by atoms with Crippen molar-refractivity contribution in [2.45, 2.75) is 25.3 Å². The van der Waals surface area contributed by atoms with Crippen LogP contribution in [0.5, 0.6) is 5.75 Å². The molecule has 1 aromatic carbocycles. The molecular weight excluding hydrogens is 344 g/mol. The summed E-state index contributed by atoms with van der Waals surface area (Å²) in [6.07, 6.45) is 2.21. The van der Waals surface area contributed by atoms with E-state index in [0.717, 1.165) is 12.8 Å². The van der Waals surface area contributed by atoms with E-state index in [4.69, 9.17) is 21.4 Å². The van der Waals surface area contributed by atoms with Gasteiger partial charge < -0.3 is 19.6 Å². The number of carbonyl (C=O) groups is 2. The lowest BCUT2D eigenvalue weighted by Gasteiger charge is -2.24. The molecule has 2 aliphatic rings. The predicted molar refractivity (Wildman–Crippen MR) is 93.5 cm³/mol. The molecule has 0 spiro atoms. The van der Waals surface area contributed by atoms with Crippen LogP contribution in [0.4, 0.5) is 0 Å². The normalized spacial score (nSPS) is 20.0. The van der Waals surface area contributed by atoms with Crippen LogP contribution in [0.15, 0.2) is 24.3 Å². The number of para-hydroxylation sites is 1. The summed E-state index contributed by atoms with van der Waals surface area (Å²) >= 11 is 6.04. The van der Waals surface area contributed by atoms with Crippen LogP contribution in [-0.4, -0.2) is 65.6 Å². The highest BCUT2D eigenvalue weighted by atomic mass is 35.5. The number of carbonyl (C=O) groups excluding carboxylic acids is 2. The molecule has 1 aromatic rings. The fourth-order valence-corrected chi connectivity index (χ4v) is 3.37. The lowest BCUT2D eigenvalue weighted by Crippen LogP contribution is -2.40. The fourth-order valence-electron chi connectivity index (χ4n) is 3.18. The largest absolute Gasteiger partial charge is 0.490 e. The van der Waals surface area contributed by atoms with Gasteiger partial charge in [0.15, 0.2) is 0 Å². The molecule has 1 atom stereocenters. The number of nitrogens with zero attached hydrogens (tertiary/aromatic N) is 2. The summed E-state index contributed by atoms with van der Waals surface area (Å²) in [5, 5.41) is 9.69. The molecular formula is C18H23ClN2O4. The Balaban J connectivity index is 1.50. The number of rotatable bonds is 8. The Morgan fingerprint density at radius 1 is 1.36 bits per heavy atom. The minimum Gasteiger partial charge on any atom is -0.490 e. The number of aliphatic hydroxyl groups excluding tert-OH is 1. The molecule has 25 heavy (non-hydrogen) atoms. The lowest BCUT2D eigenvalue weighted by atomic mass is 10.1. The molecule has 1 aliphatic heterocycles. The summed E-state index contributed by atoms with van der Waals surface area (Å²) in [5.74, 6) is 0.228. The second-order valence-corrected chi connectivity index (χ2v) is 6.91. The summed E-state index contributed by atoms with van der Waals surface area (Å²) in [7, 11) is 0. The summed E-state index contributed by atoms with van der Waals surface area (Å²) in [5.41, 5.74) is 0. The van der Waals surface area contributed by atoms with Gasteiger partial charge in [-0.15, -0.1) is 0 Å². The molecule has 1 N–H and O–H groups in total. The van der Waals surface area contributed by atoms with Crippen LogP contribution in [0, 0.1) is 5.92 Å². The summed E-state index contributed by atoms with van der Waals surface area (Å²) in [6.45, 7) is 1.48. The highest BCUT2D eigenvalue weighted by molar-refractivity contribution is 6.32. The van der Waals surface area contributed by atoms with Crippen molar-refractivity contribution < 1.29 is 19.4 Å². The molecule has 1 saturated heterocycles. The van der Waals surface area contributed by atoms with Crippen LogP contribution < -0.4 is 4.74 Å². The quantitative estimate of drug-likeness (QED) is 0.757. The number of benzene rings is 1. The second-order valence-electron chi connectivity index (χ2n) is 6.51. The predicted octanol–water partition coefficient (Wildman–Crippen LogP) is 1.55. The molecule has 0 bridgehead atoms. The Labute approximate surface area is 152 Å². The van der Waals surface area contributed by atoms with E-state index >= 15 is 0 Å². The third-order valence-corrected chi connectivity index (χ3v) is 4.94. The highest BCUT2D eigenvalue weighted by Crippen LogP contribution is 2.30. The number of ether oxygens (including phenoxy) is 1. The third kappa shape index (κ3) is 4.44. The summed E-state index contributed by atoms with van der Waals surface area (Å²) in [6, 6.07) is 7.44.